The lowest BCUT2D eigenvalue weighted by molar-refractivity contribution is -0.146. The standard InChI is InChI=1S/C15H22O4/c1-3-15(14(17)18,10-13(16)11-19-4-2)12-8-6-5-7-9-12/h5-9,13,16H,3-4,10-11H2,1-2H3,(H,17,18). The van der Waals surface area contributed by atoms with Crippen LogP contribution in [0.25, 0.3) is 0 Å². The van der Waals surface area contributed by atoms with Crippen molar-refractivity contribution in [1.82, 2.24) is 0 Å². The van der Waals surface area contributed by atoms with Gasteiger partial charge in [-0.05, 0) is 25.3 Å². The summed E-state index contributed by atoms with van der Waals surface area (Å²) in [6, 6.07) is 9.08. The van der Waals surface area contributed by atoms with Crippen LogP contribution in [0.1, 0.15) is 32.3 Å². The number of ether oxygens (including phenoxy) is 1. The van der Waals surface area contributed by atoms with Crippen LogP contribution >= 0.6 is 0 Å². The van der Waals surface area contributed by atoms with E-state index in [9.17, 15) is 15.0 Å². The van der Waals surface area contributed by atoms with E-state index in [1.807, 2.05) is 32.0 Å². The number of benzene rings is 1. The second-order valence-corrected chi connectivity index (χ2v) is 4.62. The van der Waals surface area contributed by atoms with Gasteiger partial charge >= 0.3 is 5.97 Å². The zero-order valence-corrected chi connectivity index (χ0v) is 11.5. The molecule has 0 aliphatic heterocycles. The van der Waals surface area contributed by atoms with Crippen molar-refractivity contribution in [3.63, 3.8) is 0 Å². The van der Waals surface area contributed by atoms with Gasteiger partial charge in [-0.2, -0.15) is 0 Å². The first-order valence-electron chi connectivity index (χ1n) is 6.61. The Balaban J connectivity index is 2.97. The Bertz CT molecular complexity index is 390. The van der Waals surface area contributed by atoms with Gasteiger partial charge in [0, 0.05) is 6.61 Å². The first kappa shape index (κ1) is 15.7. The molecule has 0 aliphatic carbocycles. The molecule has 2 unspecified atom stereocenters. The molecule has 1 rings (SSSR count). The van der Waals surface area contributed by atoms with E-state index in [1.54, 1.807) is 12.1 Å². The molecular weight excluding hydrogens is 244 g/mol. The molecule has 0 heterocycles. The third-order valence-corrected chi connectivity index (χ3v) is 3.44. The summed E-state index contributed by atoms with van der Waals surface area (Å²) in [6.45, 7) is 4.34. The highest BCUT2D eigenvalue weighted by molar-refractivity contribution is 5.81. The number of rotatable bonds is 8. The molecule has 106 valence electrons. The number of carboxylic acid groups (broad SMARTS) is 1. The summed E-state index contributed by atoms with van der Waals surface area (Å²) < 4.78 is 5.16. The number of hydrogen-bond donors (Lipinski definition) is 2. The van der Waals surface area contributed by atoms with Gasteiger partial charge in [-0.1, -0.05) is 37.3 Å². The molecule has 0 saturated heterocycles. The van der Waals surface area contributed by atoms with Gasteiger partial charge in [0.2, 0.25) is 0 Å². The molecule has 0 saturated carbocycles. The van der Waals surface area contributed by atoms with Crippen molar-refractivity contribution in [3.8, 4) is 0 Å². The molecule has 1 aromatic carbocycles. The van der Waals surface area contributed by atoms with E-state index in [0.29, 0.717) is 13.0 Å². The Labute approximate surface area is 114 Å². The monoisotopic (exact) mass is 266 g/mol. The molecule has 19 heavy (non-hydrogen) atoms. The van der Waals surface area contributed by atoms with E-state index < -0.39 is 17.5 Å². The number of aliphatic carboxylic acids is 1. The molecule has 0 fully saturated rings. The molecule has 0 bridgehead atoms. The second kappa shape index (κ2) is 7.26. The van der Waals surface area contributed by atoms with Gasteiger partial charge in [-0.25, -0.2) is 0 Å². The van der Waals surface area contributed by atoms with E-state index in [4.69, 9.17) is 4.74 Å². The topological polar surface area (TPSA) is 66.8 Å². The summed E-state index contributed by atoms with van der Waals surface area (Å²) in [5.74, 6) is -0.906. The number of carboxylic acids is 1. The lowest BCUT2D eigenvalue weighted by Crippen LogP contribution is -2.39. The Morgan fingerprint density at radius 2 is 1.95 bits per heavy atom. The van der Waals surface area contributed by atoms with Crippen molar-refractivity contribution in [2.45, 2.75) is 38.2 Å². The molecule has 0 radical (unpaired) electrons. The minimum Gasteiger partial charge on any atom is -0.481 e. The normalized spacial score (nSPS) is 15.7. The highest BCUT2D eigenvalue weighted by atomic mass is 16.5. The maximum atomic E-state index is 11.7. The summed E-state index contributed by atoms with van der Waals surface area (Å²) in [4.78, 5) is 11.7. The minimum atomic E-state index is -1.06. The molecule has 0 aliphatic rings. The molecule has 0 spiro atoms. The van der Waals surface area contributed by atoms with Crippen LogP contribution in [0.15, 0.2) is 30.3 Å². The number of aliphatic hydroxyl groups is 1. The highest BCUT2D eigenvalue weighted by Crippen LogP contribution is 2.33. The molecule has 2 atom stereocenters. The van der Waals surface area contributed by atoms with E-state index >= 15 is 0 Å². The minimum absolute atomic E-state index is 0.156. The Hall–Kier alpha value is -1.39. The molecule has 4 nitrogen and oxygen atoms in total. The smallest absolute Gasteiger partial charge is 0.314 e. The van der Waals surface area contributed by atoms with E-state index in [-0.39, 0.29) is 13.0 Å². The fraction of sp³-hybridized carbons (Fsp3) is 0.533. The summed E-state index contributed by atoms with van der Waals surface area (Å²) in [7, 11) is 0. The van der Waals surface area contributed by atoms with E-state index in [2.05, 4.69) is 0 Å². The lowest BCUT2D eigenvalue weighted by atomic mass is 9.74. The summed E-state index contributed by atoms with van der Waals surface area (Å²) in [5, 5.41) is 19.6. The summed E-state index contributed by atoms with van der Waals surface area (Å²) >= 11 is 0. The molecular formula is C15H22O4. The first-order chi connectivity index (χ1) is 9.06. The Morgan fingerprint density at radius 1 is 1.32 bits per heavy atom. The SMILES string of the molecule is CCOCC(O)CC(CC)(C(=O)O)c1ccccc1. The fourth-order valence-electron chi connectivity index (χ4n) is 2.30. The highest BCUT2D eigenvalue weighted by Gasteiger charge is 2.40. The summed E-state index contributed by atoms with van der Waals surface area (Å²) in [6.07, 6.45) is -0.200. The molecule has 4 heteroatoms. The van der Waals surface area contributed by atoms with Crippen LogP contribution in [0.2, 0.25) is 0 Å². The fourth-order valence-corrected chi connectivity index (χ4v) is 2.30. The van der Waals surface area contributed by atoms with Crippen molar-refractivity contribution in [2.75, 3.05) is 13.2 Å². The van der Waals surface area contributed by atoms with Crippen LogP contribution in [0.3, 0.4) is 0 Å². The molecule has 1 aromatic rings. The van der Waals surface area contributed by atoms with Crippen molar-refractivity contribution in [2.24, 2.45) is 0 Å². The maximum Gasteiger partial charge on any atom is 0.314 e. The predicted octanol–water partition coefficient (Wildman–Crippen LogP) is 2.21. The average molecular weight is 266 g/mol. The van der Waals surface area contributed by atoms with Gasteiger partial charge in [0.1, 0.15) is 0 Å². The third kappa shape index (κ3) is 3.78. The average Bonchev–Trinajstić information content (AvgIpc) is 2.43. The number of carbonyl (C=O) groups is 1. The van der Waals surface area contributed by atoms with Gasteiger partial charge in [0.15, 0.2) is 0 Å². The first-order valence-corrected chi connectivity index (χ1v) is 6.61. The van der Waals surface area contributed by atoms with Crippen LogP contribution in [0, 0.1) is 0 Å². The number of hydrogen-bond acceptors (Lipinski definition) is 3. The third-order valence-electron chi connectivity index (χ3n) is 3.44. The molecule has 0 amide bonds. The second-order valence-electron chi connectivity index (χ2n) is 4.62. The van der Waals surface area contributed by atoms with Crippen molar-refractivity contribution in [3.05, 3.63) is 35.9 Å². The van der Waals surface area contributed by atoms with E-state index in [0.717, 1.165) is 5.56 Å². The van der Waals surface area contributed by atoms with Crippen LogP contribution in [-0.4, -0.2) is 35.5 Å². The van der Waals surface area contributed by atoms with Crippen LogP contribution < -0.4 is 0 Å². The summed E-state index contributed by atoms with van der Waals surface area (Å²) in [5.41, 5.74) is -0.335. The van der Waals surface area contributed by atoms with Crippen molar-refractivity contribution >= 4 is 5.97 Å². The zero-order valence-electron chi connectivity index (χ0n) is 11.5. The van der Waals surface area contributed by atoms with Crippen LogP contribution in [0.5, 0.6) is 0 Å². The van der Waals surface area contributed by atoms with Crippen LogP contribution in [0.4, 0.5) is 0 Å². The quantitative estimate of drug-likeness (QED) is 0.757. The van der Waals surface area contributed by atoms with Crippen molar-refractivity contribution < 1.29 is 19.7 Å². The van der Waals surface area contributed by atoms with Crippen molar-refractivity contribution in [1.29, 1.82) is 0 Å². The Morgan fingerprint density at radius 3 is 2.42 bits per heavy atom. The van der Waals surface area contributed by atoms with Gasteiger partial charge in [0.05, 0.1) is 18.1 Å². The number of aliphatic hydroxyl groups excluding tert-OH is 1. The maximum absolute atomic E-state index is 11.7. The molecule has 0 aromatic heterocycles. The van der Waals surface area contributed by atoms with Gasteiger partial charge in [0.25, 0.3) is 0 Å². The van der Waals surface area contributed by atoms with Gasteiger partial charge in [-0.3, -0.25) is 4.79 Å². The lowest BCUT2D eigenvalue weighted by Gasteiger charge is -2.30. The largest absolute Gasteiger partial charge is 0.481 e. The Kier molecular flexibility index (Phi) is 5.99. The van der Waals surface area contributed by atoms with Gasteiger partial charge < -0.3 is 14.9 Å². The molecule has 2 N–H and O–H groups in total. The van der Waals surface area contributed by atoms with Gasteiger partial charge in [-0.15, -0.1) is 0 Å². The van der Waals surface area contributed by atoms with Crippen LogP contribution in [-0.2, 0) is 14.9 Å². The predicted molar refractivity (Wildman–Crippen MR) is 73.2 cm³/mol. The van der Waals surface area contributed by atoms with E-state index in [1.165, 1.54) is 0 Å². The zero-order chi connectivity index (χ0) is 14.3.